The largest absolute Gasteiger partial charge is 0.390 e. The van der Waals surface area contributed by atoms with Crippen molar-refractivity contribution in [1.29, 1.82) is 0 Å². The quantitative estimate of drug-likeness (QED) is 0.246. The summed E-state index contributed by atoms with van der Waals surface area (Å²) in [5.74, 6) is -2.59. The molecule has 0 aliphatic heterocycles. The van der Waals surface area contributed by atoms with Gasteiger partial charge in [-0.1, -0.05) is 71.0 Å². The van der Waals surface area contributed by atoms with Crippen molar-refractivity contribution in [3.8, 4) is 0 Å². The smallest absolute Gasteiger partial charge is 0.243 e. The van der Waals surface area contributed by atoms with Gasteiger partial charge in [-0.3, -0.25) is 9.59 Å². The summed E-state index contributed by atoms with van der Waals surface area (Å²) < 4.78 is 53.8. The SMILES string of the molecule is CC(C)CN(CC(O)C(Cc1ccccc1)NC(=O)[C@@H](NC(=O)CNCc1c(F)cccc1F)C(C)(C)C)S(C)(=O)=O. The molecule has 0 bridgehead atoms. The van der Waals surface area contributed by atoms with E-state index in [9.17, 15) is 31.9 Å². The second kappa shape index (κ2) is 15.5. The molecule has 2 aromatic carbocycles. The number of sulfonamides is 1. The number of hydrogen-bond donors (Lipinski definition) is 4. The molecule has 0 heterocycles. The third-order valence-electron chi connectivity index (χ3n) is 6.60. The van der Waals surface area contributed by atoms with Gasteiger partial charge in [0.2, 0.25) is 21.8 Å². The summed E-state index contributed by atoms with van der Waals surface area (Å²) in [6.45, 7) is 8.46. The normalized spacial score (nSPS) is 14.5. The Morgan fingerprint density at radius 2 is 1.55 bits per heavy atom. The predicted octanol–water partition coefficient (Wildman–Crippen LogP) is 2.59. The average Bonchev–Trinajstić information content (AvgIpc) is 2.87. The van der Waals surface area contributed by atoms with Crippen LogP contribution >= 0.6 is 0 Å². The number of carbonyl (C=O) groups is 2. The number of nitrogens with one attached hydrogen (secondary N) is 3. The Kier molecular flexibility index (Phi) is 13.0. The highest BCUT2D eigenvalue weighted by atomic mass is 32.2. The van der Waals surface area contributed by atoms with Crippen LogP contribution in [0.4, 0.5) is 8.78 Å². The molecule has 4 N–H and O–H groups in total. The Morgan fingerprint density at radius 1 is 0.952 bits per heavy atom. The maximum atomic E-state index is 13.9. The van der Waals surface area contributed by atoms with Gasteiger partial charge >= 0.3 is 0 Å². The number of benzene rings is 2. The minimum Gasteiger partial charge on any atom is -0.390 e. The van der Waals surface area contributed by atoms with Crippen LogP contribution in [0.5, 0.6) is 0 Å². The fourth-order valence-electron chi connectivity index (χ4n) is 4.40. The topological polar surface area (TPSA) is 128 Å². The number of aliphatic hydroxyl groups is 1. The Morgan fingerprint density at radius 3 is 2.07 bits per heavy atom. The molecule has 2 amide bonds. The van der Waals surface area contributed by atoms with Crippen LogP contribution in [0.1, 0.15) is 45.7 Å². The standard InChI is InChI=1S/C30H44F2N4O5S/c1-20(2)18-36(42(6,40)41)19-26(37)25(15-21-11-8-7-9-12-21)34-29(39)28(30(3,4)5)35-27(38)17-33-16-22-23(31)13-10-14-24(22)32/h7-14,20,25-26,28,33,37H,15-19H2,1-6H3,(H,34,39)(H,35,38)/t25?,26?,28-/m1/s1. The van der Waals surface area contributed by atoms with E-state index < -0.39 is 57.1 Å². The molecule has 0 saturated heterocycles. The molecule has 0 radical (unpaired) electrons. The summed E-state index contributed by atoms with van der Waals surface area (Å²) in [6.07, 6.45) is 0.0385. The van der Waals surface area contributed by atoms with Crippen LogP contribution in [0, 0.1) is 23.0 Å². The van der Waals surface area contributed by atoms with Gasteiger partial charge in [0.05, 0.1) is 24.9 Å². The van der Waals surface area contributed by atoms with Gasteiger partial charge in [-0.05, 0) is 35.4 Å². The van der Waals surface area contributed by atoms with Crippen molar-refractivity contribution in [2.45, 2.75) is 65.8 Å². The zero-order valence-corrected chi connectivity index (χ0v) is 26.0. The molecule has 2 aromatic rings. The van der Waals surface area contributed by atoms with Gasteiger partial charge in [-0.15, -0.1) is 0 Å². The summed E-state index contributed by atoms with van der Waals surface area (Å²) in [6, 6.07) is 10.7. The summed E-state index contributed by atoms with van der Waals surface area (Å²) in [4.78, 5) is 26.4. The van der Waals surface area contributed by atoms with Crippen LogP contribution in [0.15, 0.2) is 48.5 Å². The van der Waals surface area contributed by atoms with Gasteiger partial charge in [0.25, 0.3) is 0 Å². The van der Waals surface area contributed by atoms with E-state index in [1.54, 1.807) is 20.8 Å². The Balaban J connectivity index is 2.19. The molecular formula is C30H44F2N4O5S. The average molecular weight is 611 g/mol. The Hall–Kier alpha value is -2.93. The van der Waals surface area contributed by atoms with E-state index in [1.165, 1.54) is 10.4 Å². The van der Waals surface area contributed by atoms with E-state index in [-0.39, 0.29) is 44.1 Å². The van der Waals surface area contributed by atoms with Crippen molar-refractivity contribution in [1.82, 2.24) is 20.3 Å². The zero-order valence-electron chi connectivity index (χ0n) is 25.2. The van der Waals surface area contributed by atoms with Crippen molar-refractivity contribution in [3.05, 3.63) is 71.3 Å². The van der Waals surface area contributed by atoms with Crippen LogP contribution in [0.2, 0.25) is 0 Å². The van der Waals surface area contributed by atoms with Crippen LogP contribution in [-0.4, -0.2) is 73.7 Å². The number of amides is 2. The van der Waals surface area contributed by atoms with Gasteiger partial charge in [0, 0.05) is 25.2 Å². The van der Waals surface area contributed by atoms with E-state index >= 15 is 0 Å². The van der Waals surface area contributed by atoms with E-state index in [0.29, 0.717) is 0 Å². The first-order valence-electron chi connectivity index (χ1n) is 13.9. The van der Waals surface area contributed by atoms with Gasteiger partial charge in [-0.2, -0.15) is 4.31 Å². The van der Waals surface area contributed by atoms with Crippen molar-refractivity contribution in [3.63, 3.8) is 0 Å². The minimum absolute atomic E-state index is 0.0121. The van der Waals surface area contributed by atoms with Crippen molar-refractivity contribution in [2.75, 3.05) is 25.9 Å². The van der Waals surface area contributed by atoms with Crippen LogP contribution in [0.3, 0.4) is 0 Å². The monoisotopic (exact) mass is 610 g/mol. The molecule has 12 heteroatoms. The maximum absolute atomic E-state index is 13.9. The van der Waals surface area contributed by atoms with Crippen molar-refractivity contribution >= 4 is 21.8 Å². The molecule has 0 spiro atoms. The van der Waals surface area contributed by atoms with Gasteiger partial charge in [-0.25, -0.2) is 17.2 Å². The molecule has 0 aliphatic carbocycles. The third-order valence-corrected chi connectivity index (χ3v) is 7.84. The van der Waals surface area contributed by atoms with Gasteiger partial charge < -0.3 is 21.1 Å². The number of aliphatic hydroxyl groups excluding tert-OH is 1. The molecular weight excluding hydrogens is 566 g/mol. The maximum Gasteiger partial charge on any atom is 0.243 e. The lowest BCUT2D eigenvalue weighted by Crippen LogP contribution is -2.59. The summed E-state index contributed by atoms with van der Waals surface area (Å²) in [7, 11) is -3.63. The molecule has 0 fully saturated rings. The second-order valence-corrected chi connectivity index (χ2v) is 14.0. The summed E-state index contributed by atoms with van der Waals surface area (Å²) in [5.41, 5.74) is -0.137. The fraction of sp³-hybridized carbons (Fsp3) is 0.533. The molecule has 0 aliphatic rings. The molecule has 234 valence electrons. The van der Waals surface area contributed by atoms with Gasteiger partial charge in [0.1, 0.15) is 17.7 Å². The first-order valence-corrected chi connectivity index (χ1v) is 15.7. The number of rotatable bonds is 15. The van der Waals surface area contributed by atoms with Gasteiger partial charge in [0.15, 0.2) is 0 Å². The second-order valence-electron chi connectivity index (χ2n) is 12.0. The summed E-state index contributed by atoms with van der Waals surface area (Å²) >= 11 is 0. The predicted molar refractivity (Wildman–Crippen MR) is 159 cm³/mol. The highest BCUT2D eigenvalue weighted by Gasteiger charge is 2.36. The number of nitrogens with zero attached hydrogens (tertiary/aromatic N) is 1. The lowest BCUT2D eigenvalue weighted by Gasteiger charge is -2.34. The van der Waals surface area contributed by atoms with Crippen LogP contribution in [-0.2, 0) is 32.6 Å². The molecule has 2 rings (SSSR count). The third kappa shape index (κ3) is 11.4. The number of carbonyl (C=O) groups excluding carboxylic acids is 2. The molecule has 3 atom stereocenters. The molecule has 0 saturated carbocycles. The first kappa shape index (κ1) is 35.3. The van der Waals surface area contributed by atoms with E-state index in [2.05, 4.69) is 16.0 Å². The van der Waals surface area contributed by atoms with E-state index in [1.807, 2.05) is 44.2 Å². The minimum atomic E-state index is -3.63. The number of halogens is 2. The fourth-order valence-corrected chi connectivity index (χ4v) is 5.39. The summed E-state index contributed by atoms with van der Waals surface area (Å²) in [5, 5.41) is 19.4. The van der Waals surface area contributed by atoms with E-state index in [4.69, 9.17) is 0 Å². The highest BCUT2D eigenvalue weighted by molar-refractivity contribution is 7.88. The molecule has 0 aromatic heterocycles. The van der Waals surface area contributed by atoms with Crippen LogP contribution < -0.4 is 16.0 Å². The van der Waals surface area contributed by atoms with Crippen LogP contribution in [0.25, 0.3) is 0 Å². The molecule has 2 unspecified atom stereocenters. The number of hydrogen-bond acceptors (Lipinski definition) is 6. The molecule has 9 nitrogen and oxygen atoms in total. The Labute approximate surface area is 248 Å². The highest BCUT2D eigenvalue weighted by Crippen LogP contribution is 2.21. The molecule has 42 heavy (non-hydrogen) atoms. The first-order chi connectivity index (χ1) is 19.5. The van der Waals surface area contributed by atoms with Crippen molar-refractivity contribution < 1.29 is 31.9 Å². The van der Waals surface area contributed by atoms with Crippen molar-refractivity contribution in [2.24, 2.45) is 11.3 Å². The lowest BCUT2D eigenvalue weighted by atomic mass is 9.85. The Bertz CT molecular complexity index is 1270. The lowest BCUT2D eigenvalue weighted by molar-refractivity contribution is -0.132. The zero-order chi connectivity index (χ0) is 31.7. The van der Waals surface area contributed by atoms with E-state index in [0.717, 1.165) is 24.0 Å².